The third-order valence-electron chi connectivity index (χ3n) is 4.93. The highest BCUT2D eigenvalue weighted by Crippen LogP contribution is 2.30. The fourth-order valence-corrected chi connectivity index (χ4v) is 3.97. The van der Waals surface area contributed by atoms with Crippen molar-refractivity contribution in [2.75, 3.05) is 7.11 Å². The molecule has 0 fully saturated rings. The molecule has 0 atom stereocenters. The molecular weight excluding hydrogens is 412 g/mol. The second-order valence-electron chi connectivity index (χ2n) is 6.81. The highest BCUT2D eigenvalue weighted by molar-refractivity contribution is 7.00. The van der Waals surface area contributed by atoms with Gasteiger partial charge in [-0.25, -0.2) is 4.79 Å². The Kier molecular flexibility index (Phi) is 5.86. The highest BCUT2D eigenvalue weighted by Gasteiger charge is 2.25. The number of ketones is 1. The van der Waals surface area contributed by atoms with Gasteiger partial charge in [0.05, 0.1) is 24.4 Å². The van der Waals surface area contributed by atoms with E-state index < -0.39 is 5.97 Å². The molecule has 154 valence electrons. The van der Waals surface area contributed by atoms with E-state index in [9.17, 15) is 14.7 Å². The number of ether oxygens (including phenoxy) is 1. The van der Waals surface area contributed by atoms with E-state index in [2.05, 4.69) is 8.75 Å². The number of aliphatic carboxylic acids is 1. The van der Waals surface area contributed by atoms with Gasteiger partial charge in [-0.1, -0.05) is 54.6 Å². The summed E-state index contributed by atoms with van der Waals surface area (Å²) >= 11 is 1.05. The summed E-state index contributed by atoms with van der Waals surface area (Å²) < 4.78 is 13.8. The van der Waals surface area contributed by atoms with Gasteiger partial charge in [0, 0.05) is 17.6 Å². The molecule has 0 aliphatic heterocycles. The normalized spacial score (nSPS) is 11.8. The SMILES string of the molecule is COc1ccccc1C/C(C(=O)c1ccccc1)=C(\C(=O)O)c1ccc2nsnc2c1. The van der Waals surface area contributed by atoms with Gasteiger partial charge < -0.3 is 9.84 Å². The van der Waals surface area contributed by atoms with Crippen molar-refractivity contribution < 1.29 is 19.4 Å². The number of para-hydroxylation sites is 1. The molecule has 0 radical (unpaired) electrons. The lowest BCUT2D eigenvalue weighted by Crippen LogP contribution is -2.14. The van der Waals surface area contributed by atoms with Gasteiger partial charge in [-0.15, -0.1) is 0 Å². The molecule has 0 aliphatic rings. The van der Waals surface area contributed by atoms with Crippen LogP contribution in [-0.4, -0.2) is 32.7 Å². The maximum atomic E-state index is 13.5. The Morgan fingerprint density at radius 1 is 0.903 bits per heavy atom. The topological polar surface area (TPSA) is 89.4 Å². The number of methoxy groups -OCH3 is 1. The lowest BCUT2D eigenvalue weighted by molar-refractivity contribution is -0.130. The number of carboxylic acid groups (broad SMARTS) is 1. The second-order valence-corrected chi connectivity index (χ2v) is 7.34. The van der Waals surface area contributed by atoms with E-state index in [1.165, 1.54) is 0 Å². The van der Waals surface area contributed by atoms with Gasteiger partial charge in [0.25, 0.3) is 0 Å². The van der Waals surface area contributed by atoms with E-state index in [-0.39, 0.29) is 23.4 Å². The van der Waals surface area contributed by atoms with Gasteiger partial charge in [-0.05, 0) is 29.3 Å². The fraction of sp³-hybridized carbons (Fsp3) is 0.0833. The number of rotatable bonds is 7. The number of fused-ring (bicyclic) bond motifs is 1. The van der Waals surface area contributed by atoms with E-state index in [0.29, 0.717) is 27.9 Å². The van der Waals surface area contributed by atoms with Crippen molar-refractivity contribution in [1.29, 1.82) is 0 Å². The molecule has 0 saturated heterocycles. The van der Waals surface area contributed by atoms with Gasteiger partial charge >= 0.3 is 5.97 Å². The van der Waals surface area contributed by atoms with Crippen molar-refractivity contribution >= 4 is 40.1 Å². The summed E-state index contributed by atoms with van der Waals surface area (Å²) in [6, 6.07) is 21.0. The standard InChI is InChI=1S/C24H18N2O4S/c1-30-21-10-6-5-9-16(21)13-18(23(27)15-7-3-2-4-8-15)22(24(28)29)17-11-12-19-20(14-17)26-31-25-19/h2-12,14H,13H2,1H3,(H,28,29)/b22-18+. The van der Waals surface area contributed by atoms with Crippen molar-refractivity contribution in [2.24, 2.45) is 0 Å². The van der Waals surface area contributed by atoms with Crippen LogP contribution in [0.2, 0.25) is 0 Å². The number of hydrogen-bond acceptors (Lipinski definition) is 6. The van der Waals surface area contributed by atoms with Crippen LogP contribution in [0.15, 0.2) is 78.4 Å². The average Bonchev–Trinajstić information content (AvgIpc) is 3.27. The van der Waals surface area contributed by atoms with Gasteiger partial charge in [0.2, 0.25) is 0 Å². The summed E-state index contributed by atoms with van der Waals surface area (Å²) in [6.45, 7) is 0. The largest absolute Gasteiger partial charge is 0.496 e. The number of nitrogens with zero attached hydrogens (tertiary/aromatic N) is 2. The van der Waals surface area contributed by atoms with Crippen molar-refractivity contribution in [3.05, 3.63) is 95.1 Å². The van der Waals surface area contributed by atoms with E-state index in [1.54, 1.807) is 55.6 Å². The van der Waals surface area contributed by atoms with Crippen LogP contribution in [0, 0.1) is 0 Å². The van der Waals surface area contributed by atoms with Crippen LogP contribution in [-0.2, 0) is 11.2 Å². The first-order valence-electron chi connectivity index (χ1n) is 9.49. The van der Waals surface area contributed by atoms with E-state index >= 15 is 0 Å². The first kappa shape index (κ1) is 20.4. The quantitative estimate of drug-likeness (QED) is 0.339. The fourth-order valence-electron chi connectivity index (χ4n) is 3.45. The summed E-state index contributed by atoms with van der Waals surface area (Å²) in [4.78, 5) is 25.9. The zero-order valence-electron chi connectivity index (χ0n) is 16.6. The summed E-state index contributed by atoms with van der Waals surface area (Å²) in [7, 11) is 1.54. The molecule has 0 spiro atoms. The maximum Gasteiger partial charge on any atom is 0.336 e. The monoisotopic (exact) mass is 430 g/mol. The Morgan fingerprint density at radius 3 is 2.35 bits per heavy atom. The van der Waals surface area contributed by atoms with Crippen molar-refractivity contribution in [3.8, 4) is 5.75 Å². The second kappa shape index (κ2) is 8.89. The number of aromatic nitrogens is 2. The predicted octanol–water partition coefficient (Wildman–Crippen LogP) is 4.66. The zero-order chi connectivity index (χ0) is 21.8. The Labute approximate surface area is 182 Å². The number of Topliss-reactive ketones (excluding diaryl/α,β-unsaturated/α-hetero) is 1. The van der Waals surface area contributed by atoms with Crippen molar-refractivity contribution in [3.63, 3.8) is 0 Å². The number of carboxylic acids is 1. The lowest BCUT2D eigenvalue weighted by atomic mass is 9.89. The highest BCUT2D eigenvalue weighted by atomic mass is 32.1. The molecule has 3 aromatic carbocycles. The molecule has 0 bridgehead atoms. The Balaban J connectivity index is 1.94. The van der Waals surface area contributed by atoms with Gasteiger partial charge in [0.15, 0.2) is 5.78 Å². The minimum Gasteiger partial charge on any atom is -0.496 e. The molecular formula is C24H18N2O4S. The maximum absolute atomic E-state index is 13.5. The van der Waals surface area contributed by atoms with Crippen LogP contribution in [0.25, 0.3) is 16.6 Å². The van der Waals surface area contributed by atoms with Crippen LogP contribution in [0.5, 0.6) is 5.75 Å². The van der Waals surface area contributed by atoms with E-state index in [4.69, 9.17) is 4.74 Å². The predicted molar refractivity (Wildman–Crippen MR) is 119 cm³/mol. The van der Waals surface area contributed by atoms with Gasteiger partial charge in [0.1, 0.15) is 16.8 Å². The lowest BCUT2D eigenvalue weighted by Gasteiger charge is -2.15. The number of benzene rings is 3. The third kappa shape index (κ3) is 4.22. The van der Waals surface area contributed by atoms with Crippen LogP contribution in [0.3, 0.4) is 0 Å². The molecule has 4 rings (SSSR count). The molecule has 1 heterocycles. The molecule has 0 amide bonds. The Hall–Kier alpha value is -3.84. The molecule has 0 saturated carbocycles. The van der Waals surface area contributed by atoms with E-state index in [0.717, 1.165) is 17.3 Å². The van der Waals surface area contributed by atoms with Crippen LogP contribution >= 0.6 is 11.7 Å². The molecule has 4 aromatic rings. The average molecular weight is 430 g/mol. The summed E-state index contributed by atoms with van der Waals surface area (Å²) in [5.74, 6) is -0.943. The molecule has 0 aliphatic carbocycles. The van der Waals surface area contributed by atoms with Crippen LogP contribution in [0.4, 0.5) is 0 Å². The third-order valence-corrected chi connectivity index (χ3v) is 5.48. The van der Waals surface area contributed by atoms with Crippen molar-refractivity contribution in [2.45, 2.75) is 6.42 Å². The van der Waals surface area contributed by atoms with Crippen LogP contribution in [0.1, 0.15) is 21.5 Å². The Bertz CT molecular complexity index is 1300. The number of hydrogen-bond donors (Lipinski definition) is 1. The number of carbonyl (C=O) groups is 2. The van der Waals surface area contributed by atoms with Gasteiger partial charge in [-0.3, -0.25) is 4.79 Å². The molecule has 6 nitrogen and oxygen atoms in total. The molecule has 1 aromatic heterocycles. The number of carbonyl (C=O) groups excluding carboxylic acids is 1. The summed E-state index contributed by atoms with van der Waals surface area (Å²) in [5.41, 5.74) is 2.92. The number of allylic oxidation sites excluding steroid dienone is 1. The van der Waals surface area contributed by atoms with Crippen LogP contribution < -0.4 is 4.74 Å². The zero-order valence-corrected chi connectivity index (χ0v) is 17.4. The first-order chi connectivity index (χ1) is 15.1. The molecule has 1 N–H and O–H groups in total. The van der Waals surface area contributed by atoms with Gasteiger partial charge in [-0.2, -0.15) is 8.75 Å². The molecule has 0 unspecified atom stereocenters. The Morgan fingerprint density at radius 2 is 1.61 bits per heavy atom. The molecule has 31 heavy (non-hydrogen) atoms. The first-order valence-corrected chi connectivity index (χ1v) is 10.2. The molecule has 7 heteroatoms. The smallest absolute Gasteiger partial charge is 0.336 e. The van der Waals surface area contributed by atoms with E-state index in [1.807, 2.05) is 24.3 Å². The minimum atomic E-state index is -1.18. The van der Waals surface area contributed by atoms with Crippen molar-refractivity contribution in [1.82, 2.24) is 8.75 Å². The minimum absolute atomic E-state index is 0.0605. The summed E-state index contributed by atoms with van der Waals surface area (Å²) in [5, 5.41) is 10.1. The summed E-state index contributed by atoms with van der Waals surface area (Å²) in [6.07, 6.45) is 0.104.